The molecular weight excluding hydrogens is 489 g/mol. The molecule has 1 aliphatic carbocycles. The first-order valence-corrected chi connectivity index (χ1v) is 6.96. The summed E-state index contributed by atoms with van der Waals surface area (Å²) in [4.78, 5) is 30.9. The summed E-state index contributed by atoms with van der Waals surface area (Å²) in [7, 11) is 0. The molecule has 0 atom stereocenters. The minimum atomic E-state index is -1.67. The molecule has 1 saturated carbocycles. The van der Waals surface area contributed by atoms with Crippen LogP contribution in [0.1, 0.15) is 51.4 Å². The number of unbranched alkanes of at least 4 members (excludes halogenated alkanes) is 3. The number of hydrogen-bond donors (Lipinski definition) is 4. The van der Waals surface area contributed by atoms with Crippen LogP contribution in [-0.2, 0) is 35.4 Å². The molecule has 7 N–H and O–H groups in total. The van der Waals surface area contributed by atoms with Crippen LogP contribution in [0.25, 0.3) is 0 Å². The van der Waals surface area contributed by atoms with Gasteiger partial charge in [-0.1, -0.05) is 19.3 Å². The van der Waals surface area contributed by atoms with E-state index in [9.17, 15) is 24.6 Å². The molecule has 0 heterocycles. The van der Waals surface area contributed by atoms with Crippen molar-refractivity contribution in [2.45, 2.75) is 51.4 Å². The largest absolute Gasteiger partial charge is 2.00 e. The summed E-state index contributed by atoms with van der Waals surface area (Å²) >= 11 is 0. The third-order valence-electron chi connectivity index (χ3n) is 3.47. The summed E-state index contributed by atoms with van der Waals surface area (Å²) in [5.74, 6) is -3.34. The molecule has 0 aliphatic heterocycles. The van der Waals surface area contributed by atoms with Crippen molar-refractivity contribution in [3.8, 4) is 0 Å². The minimum Gasteiger partial charge on any atom is -0.549 e. The van der Waals surface area contributed by atoms with E-state index in [1.165, 1.54) is 0 Å². The van der Waals surface area contributed by atoms with Crippen molar-refractivity contribution >= 4 is 17.8 Å². The second kappa shape index (κ2) is 14.6. The first-order valence-electron chi connectivity index (χ1n) is 6.96. The second-order valence-electron chi connectivity index (χ2n) is 5.00. The molecule has 10 heteroatoms. The quantitative estimate of drug-likeness (QED) is 0.126. The topological polar surface area (TPSA) is 191 Å². The Bertz CT molecular complexity index is 348. The van der Waals surface area contributed by atoms with Crippen LogP contribution in [0.2, 0.25) is 0 Å². The second-order valence-corrected chi connectivity index (χ2v) is 5.00. The van der Waals surface area contributed by atoms with Gasteiger partial charge >= 0.3 is 21.1 Å². The van der Waals surface area contributed by atoms with Crippen molar-refractivity contribution in [1.82, 2.24) is 11.6 Å². The monoisotopic (exact) mass is 514 g/mol. The van der Waals surface area contributed by atoms with Gasteiger partial charge in [0.05, 0.1) is 11.9 Å². The number of rotatable bonds is 8. The molecule has 1 rings (SSSR count). The number of aliphatic carboxylic acids is 2. The van der Waals surface area contributed by atoms with Crippen LogP contribution in [0.3, 0.4) is 0 Å². The molecule has 0 saturated heterocycles. The molecule has 0 bridgehead atoms. The molecule has 0 aromatic heterocycles. The Morgan fingerprint density at radius 2 is 1.52 bits per heavy atom. The van der Waals surface area contributed by atoms with Gasteiger partial charge in [0.15, 0.2) is 0 Å². The summed E-state index contributed by atoms with van der Waals surface area (Å²) in [6, 6.07) is 0. The van der Waals surface area contributed by atoms with Gasteiger partial charge < -0.3 is 31.7 Å². The van der Waals surface area contributed by atoms with Crippen molar-refractivity contribution in [3.63, 3.8) is 0 Å². The van der Waals surface area contributed by atoms with E-state index < -0.39 is 17.4 Å². The normalized spacial score (nSPS) is 13.8. The van der Waals surface area contributed by atoms with Crippen LogP contribution in [0, 0.1) is 5.41 Å². The summed E-state index contributed by atoms with van der Waals surface area (Å²) in [6.45, 7) is 0.714. The van der Waals surface area contributed by atoms with E-state index in [1.807, 2.05) is 0 Å². The molecule has 1 amide bonds. The molecule has 0 aromatic rings. The predicted molar refractivity (Wildman–Crippen MR) is 73.4 cm³/mol. The number of hydrogen-bond acceptors (Lipinski definition) is 8. The Kier molecular flexibility index (Phi) is 17.0. The Labute approximate surface area is 149 Å². The molecule has 1 fully saturated rings. The standard InChI is InChI=1S/C7H16N2O2.C6H8O4.H3N.Pt/c8-6-4-2-1-3-5-7(10)9-11;7-4(8)6(5(9)10)2-1-3-6;;/h11H,1-6,8H2,(H,9,10);1-3H2,(H,7,8)(H,9,10);1H3;/q;;;+2/p-2. The van der Waals surface area contributed by atoms with E-state index in [0.29, 0.717) is 19.4 Å². The van der Waals surface area contributed by atoms with E-state index in [4.69, 9.17) is 10.9 Å². The van der Waals surface area contributed by atoms with E-state index in [0.717, 1.165) is 25.7 Å². The Morgan fingerprint density at radius 3 is 1.78 bits per heavy atom. The van der Waals surface area contributed by atoms with Crippen molar-refractivity contribution in [2.24, 2.45) is 11.1 Å². The van der Waals surface area contributed by atoms with Gasteiger partial charge in [0.2, 0.25) is 5.91 Å². The fourth-order valence-corrected chi connectivity index (χ4v) is 1.86. The first kappa shape index (κ1) is 26.9. The summed E-state index contributed by atoms with van der Waals surface area (Å²) in [6.07, 6.45) is 5.24. The van der Waals surface area contributed by atoms with Crippen molar-refractivity contribution < 1.29 is 50.9 Å². The van der Waals surface area contributed by atoms with E-state index in [-0.39, 0.29) is 46.0 Å². The van der Waals surface area contributed by atoms with E-state index >= 15 is 0 Å². The molecule has 0 radical (unpaired) electrons. The van der Waals surface area contributed by atoms with Gasteiger partial charge in [-0.3, -0.25) is 10.0 Å². The number of nitrogens with two attached hydrogens (primary N) is 1. The van der Waals surface area contributed by atoms with Gasteiger partial charge in [0.25, 0.3) is 0 Å². The zero-order valence-electron chi connectivity index (χ0n) is 13.0. The number of amides is 1. The zero-order chi connectivity index (χ0) is 16.3. The predicted octanol–water partition coefficient (Wildman–Crippen LogP) is -1.78. The van der Waals surface area contributed by atoms with Gasteiger partial charge in [-0.15, -0.1) is 0 Å². The van der Waals surface area contributed by atoms with Crippen molar-refractivity contribution in [1.29, 1.82) is 0 Å². The third kappa shape index (κ3) is 9.65. The fraction of sp³-hybridized carbons (Fsp3) is 0.769. The van der Waals surface area contributed by atoms with Crippen LogP contribution in [0.4, 0.5) is 0 Å². The van der Waals surface area contributed by atoms with Crippen LogP contribution in [-0.4, -0.2) is 29.6 Å². The zero-order valence-corrected chi connectivity index (χ0v) is 15.2. The molecular formula is C13H25N3O6Pt. The van der Waals surface area contributed by atoms with Crippen LogP contribution in [0.5, 0.6) is 0 Å². The molecule has 9 nitrogen and oxygen atoms in total. The van der Waals surface area contributed by atoms with Gasteiger partial charge in [0, 0.05) is 11.8 Å². The number of carbonyl (C=O) groups is 3. The molecule has 23 heavy (non-hydrogen) atoms. The number of carboxylic acid groups (broad SMARTS) is 2. The average molecular weight is 514 g/mol. The fourth-order valence-electron chi connectivity index (χ4n) is 1.86. The molecule has 0 unspecified atom stereocenters. The maximum absolute atomic E-state index is 10.5. The van der Waals surface area contributed by atoms with Crippen LogP contribution < -0.4 is 27.6 Å². The minimum absolute atomic E-state index is 0. The van der Waals surface area contributed by atoms with Gasteiger partial charge in [-0.05, 0) is 32.2 Å². The summed E-state index contributed by atoms with van der Waals surface area (Å²) < 4.78 is 0. The van der Waals surface area contributed by atoms with E-state index in [2.05, 4.69) is 0 Å². The number of carbonyl (C=O) groups excluding carboxylic acids is 3. The third-order valence-corrected chi connectivity index (χ3v) is 3.47. The van der Waals surface area contributed by atoms with Crippen molar-refractivity contribution in [3.05, 3.63) is 0 Å². The number of hydroxylamine groups is 1. The molecule has 1 aliphatic rings. The van der Waals surface area contributed by atoms with Crippen LogP contribution in [0.15, 0.2) is 0 Å². The van der Waals surface area contributed by atoms with Gasteiger partial charge in [-0.25, -0.2) is 5.48 Å². The number of carboxylic acids is 2. The average Bonchev–Trinajstić information content (AvgIpc) is 2.36. The molecule has 0 aromatic carbocycles. The first-order chi connectivity index (χ1) is 9.90. The SMILES string of the molecule is N.NCCCCCCC(=O)NO.O=C([O-])C1(C(=O)[O-])CCC1.[Pt+2]. The Balaban J connectivity index is -0.000000321. The van der Waals surface area contributed by atoms with E-state index in [1.54, 1.807) is 5.48 Å². The smallest absolute Gasteiger partial charge is 0.549 e. The number of nitrogens with one attached hydrogen (secondary N) is 1. The summed E-state index contributed by atoms with van der Waals surface area (Å²) in [5, 5.41) is 28.5. The Morgan fingerprint density at radius 1 is 1.04 bits per heavy atom. The summed E-state index contributed by atoms with van der Waals surface area (Å²) in [5.41, 5.74) is 5.20. The van der Waals surface area contributed by atoms with Gasteiger partial charge in [-0.2, -0.15) is 0 Å². The molecule has 138 valence electrons. The Hall–Kier alpha value is -1.02. The maximum Gasteiger partial charge on any atom is 2.00 e. The van der Waals surface area contributed by atoms with Gasteiger partial charge in [0.1, 0.15) is 0 Å². The molecule has 0 spiro atoms. The maximum atomic E-state index is 10.5. The van der Waals surface area contributed by atoms with Crippen molar-refractivity contribution in [2.75, 3.05) is 6.54 Å². The van der Waals surface area contributed by atoms with Crippen LogP contribution >= 0.6 is 0 Å².